The number of hydrogen-bond donors (Lipinski definition) is 1. The fraction of sp³-hybridized carbons (Fsp3) is 0.875. The zero-order valence-electron chi connectivity index (χ0n) is 13.6. The van der Waals surface area contributed by atoms with Crippen LogP contribution in [-0.4, -0.2) is 53.8 Å². The fourth-order valence-corrected chi connectivity index (χ4v) is 3.24. The van der Waals surface area contributed by atoms with Crippen molar-refractivity contribution in [2.75, 3.05) is 26.2 Å². The van der Waals surface area contributed by atoms with Crippen LogP contribution in [0.4, 0.5) is 0 Å². The minimum absolute atomic E-state index is 0. The van der Waals surface area contributed by atoms with E-state index in [0.717, 1.165) is 58.3 Å². The number of hydrogen-bond acceptors (Lipinski definition) is 3. The van der Waals surface area contributed by atoms with Gasteiger partial charge < -0.3 is 15.5 Å². The van der Waals surface area contributed by atoms with Crippen LogP contribution in [-0.2, 0) is 9.59 Å². The van der Waals surface area contributed by atoms with Gasteiger partial charge in [-0.2, -0.15) is 0 Å². The lowest BCUT2D eigenvalue weighted by atomic mass is 9.95. The van der Waals surface area contributed by atoms with Gasteiger partial charge in [-0.1, -0.05) is 0 Å². The number of amides is 2. The molecule has 0 saturated carbocycles. The quantitative estimate of drug-likeness (QED) is 0.835. The highest BCUT2D eigenvalue weighted by atomic mass is 35.5. The molecule has 22 heavy (non-hydrogen) atoms. The molecule has 0 aliphatic carbocycles. The summed E-state index contributed by atoms with van der Waals surface area (Å²) in [7, 11) is 0. The summed E-state index contributed by atoms with van der Waals surface area (Å²) in [6.45, 7) is 5.43. The summed E-state index contributed by atoms with van der Waals surface area (Å²) in [5, 5.41) is 0. The first-order valence-corrected chi connectivity index (χ1v) is 8.37. The number of rotatable bonds is 5. The minimum Gasteiger partial charge on any atom is -0.343 e. The van der Waals surface area contributed by atoms with Crippen LogP contribution in [0.3, 0.4) is 0 Å². The zero-order chi connectivity index (χ0) is 15.2. The SMILES string of the molecule is CC(N)CCC(=O)N1CCC(CN2CCCCC2=O)CC1.Cl. The Labute approximate surface area is 140 Å². The molecule has 2 aliphatic rings. The van der Waals surface area contributed by atoms with Crippen LogP contribution >= 0.6 is 12.4 Å². The molecule has 6 heteroatoms. The van der Waals surface area contributed by atoms with Crippen LogP contribution in [0, 0.1) is 5.92 Å². The monoisotopic (exact) mass is 331 g/mol. The summed E-state index contributed by atoms with van der Waals surface area (Å²) in [6.07, 6.45) is 6.27. The molecule has 1 atom stereocenters. The Morgan fingerprint density at radius 2 is 1.95 bits per heavy atom. The van der Waals surface area contributed by atoms with Crippen molar-refractivity contribution < 1.29 is 9.59 Å². The molecular formula is C16H30ClN3O2. The number of nitrogens with zero attached hydrogens (tertiary/aromatic N) is 2. The van der Waals surface area contributed by atoms with Gasteiger partial charge in [-0.3, -0.25) is 9.59 Å². The van der Waals surface area contributed by atoms with Gasteiger partial charge in [0.05, 0.1) is 0 Å². The largest absolute Gasteiger partial charge is 0.343 e. The number of carbonyl (C=O) groups is 2. The van der Waals surface area contributed by atoms with Gasteiger partial charge in [-0.25, -0.2) is 0 Å². The fourth-order valence-electron chi connectivity index (χ4n) is 3.24. The molecule has 1 unspecified atom stereocenters. The first kappa shape index (κ1) is 19.2. The summed E-state index contributed by atoms with van der Waals surface area (Å²) in [6, 6.07) is 0.0941. The number of nitrogens with two attached hydrogens (primary N) is 1. The van der Waals surface area contributed by atoms with Crippen LogP contribution in [0.25, 0.3) is 0 Å². The Balaban J connectivity index is 0.00000242. The number of halogens is 1. The molecule has 128 valence electrons. The summed E-state index contributed by atoms with van der Waals surface area (Å²) >= 11 is 0. The molecule has 5 nitrogen and oxygen atoms in total. The van der Waals surface area contributed by atoms with Crippen LogP contribution in [0.15, 0.2) is 0 Å². The first-order valence-electron chi connectivity index (χ1n) is 8.37. The molecule has 0 bridgehead atoms. The Bertz CT molecular complexity index is 368. The lowest BCUT2D eigenvalue weighted by Gasteiger charge is -2.36. The highest BCUT2D eigenvalue weighted by Crippen LogP contribution is 2.21. The van der Waals surface area contributed by atoms with E-state index in [9.17, 15) is 9.59 Å². The lowest BCUT2D eigenvalue weighted by molar-refractivity contribution is -0.136. The number of likely N-dealkylation sites (tertiary alicyclic amines) is 2. The Morgan fingerprint density at radius 3 is 2.55 bits per heavy atom. The Hall–Kier alpha value is -0.810. The van der Waals surface area contributed by atoms with Gasteiger partial charge in [0.1, 0.15) is 0 Å². The van der Waals surface area contributed by atoms with Crippen LogP contribution < -0.4 is 5.73 Å². The summed E-state index contributed by atoms with van der Waals surface area (Å²) in [5.41, 5.74) is 5.70. The van der Waals surface area contributed by atoms with Crippen LogP contribution in [0.2, 0.25) is 0 Å². The first-order chi connectivity index (χ1) is 10.1. The average molecular weight is 332 g/mol. The molecule has 2 aliphatic heterocycles. The van der Waals surface area contributed by atoms with E-state index in [0.29, 0.717) is 24.7 Å². The summed E-state index contributed by atoms with van der Waals surface area (Å²) < 4.78 is 0. The molecule has 2 N–H and O–H groups in total. The topological polar surface area (TPSA) is 66.6 Å². The van der Waals surface area contributed by atoms with Gasteiger partial charge in [0, 0.05) is 45.1 Å². The normalized spacial score (nSPS) is 21.5. The van der Waals surface area contributed by atoms with Crippen molar-refractivity contribution in [1.82, 2.24) is 9.80 Å². The average Bonchev–Trinajstić information content (AvgIpc) is 2.48. The molecule has 2 rings (SSSR count). The van der Waals surface area contributed by atoms with E-state index in [1.54, 1.807) is 0 Å². The smallest absolute Gasteiger partial charge is 0.222 e. The molecule has 0 aromatic rings. The Kier molecular flexibility index (Phi) is 8.18. The van der Waals surface area contributed by atoms with E-state index < -0.39 is 0 Å². The van der Waals surface area contributed by atoms with Crippen molar-refractivity contribution in [3.63, 3.8) is 0 Å². The van der Waals surface area contributed by atoms with Gasteiger partial charge in [0.25, 0.3) is 0 Å². The van der Waals surface area contributed by atoms with E-state index in [1.807, 2.05) is 16.7 Å². The van der Waals surface area contributed by atoms with Crippen molar-refractivity contribution in [2.24, 2.45) is 11.7 Å². The zero-order valence-corrected chi connectivity index (χ0v) is 14.4. The molecule has 0 aromatic heterocycles. The maximum Gasteiger partial charge on any atom is 0.222 e. The molecule has 2 saturated heterocycles. The summed E-state index contributed by atoms with van der Waals surface area (Å²) in [5.74, 6) is 1.11. The van der Waals surface area contributed by atoms with Gasteiger partial charge in [-0.05, 0) is 44.9 Å². The Morgan fingerprint density at radius 1 is 1.27 bits per heavy atom. The molecule has 2 heterocycles. The molecular weight excluding hydrogens is 302 g/mol. The number of piperidine rings is 2. The predicted molar refractivity (Wildman–Crippen MR) is 89.9 cm³/mol. The molecule has 2 amide bonds. The highest BCUT2D eigenvalue weighted by Gasteiger charge is 2.26. The third kappa shape index (κ3) is 5.76. The third-order valence-corrected chi connectivity index (χ3v) is 4.68. The van der Waals surface area contributed by atoms with Crippen LogP contribution in [0.5, 0.6) is 0 Å². The van der Waals surface area contributed by atoms with Gasteiger partial charge in [0.2, 0.25) is 11.8 Å². The lowest BCUT2D eigenvalue weighted by Crippen LogP contribution is -2.44. The third-order valence-electron chi connectivity index (χ3n) is 4.68. The minimum atomic E-state index is 0. The maximum atomic E-state index is 12.1. The standard InChI is InChI=1S/C16H29N3O2.ClH/c1-13(17)5-6-16(21)18-10-7-14(8-11-18)12-19-9-3-2-4-15(19)20;/h13-14H,2-12,17H2,1H3;1H. The second-order valence-corrected chi connectivity index (χ2v) is 6.64. The van der Waals surface area contributed by atoms with E-state index in [-0.39, 0.29) is 24.4 Å². The van der Waals surface area contributed by atoms with Crippen molar-refractivity contribution in [2.45, 2.75) is 57.9 Å². The van der Waals surface area contributed by atoms with Gasteiger partial charge in [0.15, 0.2) is 0 Å². The molecule has 2 fully saturated rings. The van der Waals surface area contributed by atoms with Crippen molar-refractivity contribution in [3.8, 4) is 0 Å². The number of carbonyl (C=O) groups excluding carboxylic acids is 2. The molecule has 0 aromatic carbocycles. The predicted octanol–water partition coefficient (Wildman–Crippen LogP) is 1.79. The molecule has 0 radical (unpaired) electrons. The van der Waals surface area contributed by atoms with Crippen molar-refractivity contribution in [3.05, 3.63) is 0 Å². The second-order valence-electron chi connectivity index (χ2n) is 6.64. The second kappa shape index (κ2) is 9.36. The highest BCUT2D eigenvalue weighted by molar-refractivity contribution is 5.85. The van der Waals surface area contributed by atoms with Gasteiger partial charge in [-0.15, -0.1) is 12.4 Å². The van der Waals surface area contributed by atoms with Crippen molar-refractivity contribution >= 4 is 24.2 Å². The van der Waals surface area contributed by atoms with E-state index in [1.165, 1.54) is 0 Å². The maximum absolute atomic E-state index is 12.1. The van der Waals surface area contributed by atoms with Crippen LogP contribution in [0.1, 0.15) is 51.9 Å². The van der Waals surface area contributed by atoms with E-state index >= 15 is 0 Å². The molecule has 0 spiro atoms. The van der Waals surface area contributed by atoms with E-state index in [4.69, 9.17) is 5.73 Å². The van der Waals surface area contributed by atoms with Gasteiger partial charge >= 0.3 is 0 Å². The van der Waals surface area contributed by atoms with Crippen molar-refractivity contribution in [1.29, 1.82) is 0 Å². The summed E-state index contributed by atoms with van der Waals surface area (Å²) in [4.78, 5) is 27.9. The van der Waals surface area contributed by atoms with E-state index in [2.05, 4.69) is 0 Å².